The van der Waals surface area contributed by atoms with Gasteiger partial charge in [0.2, 0.25) is 5.91 Å². The Balaban J connectivity index is 2.20. The van der Waals surface area contributed by atoms with E-state index < -0.39 is 11.1 Å². The topological polar surface area (TPSA) is 58.6 Å². The summed E-state index contributed by atoms with van der Waals surface area (Å²) in [5.41, 5.74) is -1.19. The van der Waals surface area contributed by atoms with Crippen molar-refractivity contribution in [2.75, 3.05) is 13.1 Å². The van der Waals surface area contributed by atoms with E-state index in [0.717, 1.165) is 32.1 Å². The van der Waals surface area contributed by atoms with Gasteiger partial charge < -0.3 is 10.1 Å². The molecule has 0 aromatic heterocycles. The van der Waals surface area contributed by atoms with Crippen LogP contribution in [0.25, 0.3) is 0 Å². The third kappa shape index (κ3) is 2.85. The van der Waals surface area contributed by atoms with E-state index >= 15 is 0 Å². The molecule has 0 saturated carbocycles. The van der Waals surface area contributed by atoms with E-state index in [-0.39, 0.29) is 12.0 Å². The molecule has 2 saturated heterocycles. The molecule has 1 spiro atoms. The van der Waals surface area contributed by atoms with Crippen molar-refractivity contribution in [1.82, 2.24) is 10.2 Å². The van der Waals surface area contributed by atoms with Crippen LogP contribution in [0.3, 0.4) is 0 Å². The average molecular weight is 268 g/mol. The second kappa shape index (κ2) is 5.02. The van der Waals surface area contributed by atoms with Gasteiger partial charge in [0.1, 0.15) is 11.1 Å². The molecular formula is C14H24N2O3. The Morgan fingerprint density at radius 3 is 2.58 bits per heavy atom. The standard InChI is InChI=1S/C14H24N2O3/c1-13(2,3)19-12(18)16-10-5-4-7-14(16)8-6-9-15-11(14)17/h4-10H2,1-3H3,(H,15,17). The van der Waals surface area contributed by atoms with Crippen molar-refractivity contribution < 1.29 is 14.3 Å². The summed E-state index contributed by atoms with van der Waals surface area (Å²) in [4.78, 5) is 26.3. The van der Waals surface area contributed by atoms with E-state index in [1.54, 1.807) is 4.90 Å². The fourth-order valence-electron chi connectivity index (χ4n) is 2.98. The van der Waals surface area contributed by atoms with Crippen LogP contribution in [-0.2, 0) is 9.53 Å². The summed E-state index contributed by atoms with van der Waals surface area (Å²) in [5, 5.41) is 2.90. The Morgan fingerprint density at radius 1 is 1.26 bits per heavy atom. The number of hydrogen-bond acceptors (Lipinski definition) is 3. The summed E-state index contributed by atoms with van der Waals surface area (Å²) in [6.45, 7) is 6.87. The SMILES string of the molecule is CC(C)(C)OC(=O)N1CCCCC12CCCNC2=O. The summed E-state index contributed by atoms with van der Waals surface area (Å²) in [6, 6.07) is 0. The summed E-state index contributed by atoms with van der Waals surface area (Å²) < 4.78 is 5.46. The fraction of sp³-hybridized carbons (Fsp3) is 0.857. The number of likely N-dealkylation sites (tertiary alicyclic amines) is 1. The monoisotopic (exact) mass is 268 g/mol. The first-order valence-electron chi connectivity index (χ1n) is 7.14. The van der Waals surface area contributed by atoms with Crippen LogP contribution in [0.4, 0.5) is 4.79 Å². The molecule has 1 unspecified atom stereocenters. The van der Waals surface area contributed by atoms with Crippen LogP contribution in [0.1, 0.15) is 52.9 Å². The molecule has 2 fully saturated rings. The van der Waals surface area contributed by atoms with Gasteiger partial charge in [0.15, 0.2) is 0 Å². The predicted octanol–water partition coefficient (Wildman–Crippen LogP) is 2.06. The molecule has 5 nitrogen and oxygen atoms in total. The van der Waals surface area contributed by atoms with Crippen LogP contribution in [0.5, 0.6) is 0 Å². The molecule has 5 heteroatoms. The maximum absolute atomic E-state index is 12.4. The number of carbonyl (C=O) groups excluding carboxylic acids is 2. The zero-order chi connectivity index (χ0) is 14.1. The third-order valence-electron chi connectivity index (χ3n) is 3.83. The van der Waals surface area contributed by atoms with Crippen molar-refractivity contribution in [3.05, 3.63) is 0 Å². The van der Waals surface area contributed by atoms with Crippen LogP contribution < -0.4 is 5.32 Å². The zero-order valence-electron chi connectivity index (χ0n) is 12.1. The summed E-state index contributed by atoms with van der Waals surface area (Å²) in [5.74, 6) is -0.00990. The van der Waals surface area contributed by atoms with Gasteiger partial charge in [-0.15, -0.1) is 0 Å². The maximum atomic E-state index is 12.4. The molecule has 19 heavy (non-hydrogen) atoms. The molecule has 1 N–H and O–H groups in total. The van der Waals surface area contributed by atoms with Crippen molar-refractivity contribution in [3.8, 4) is 0 Å². The van der Waals surface area contributed by atoms with E-state index in [1.165, 1.54) is 0 Å². The Hall–Kier alpha value is -1.26. The minimum absolute atomic E-state index is 0.00990. The molecular weight excluding hydrogens is 244 g/mol. The highest BCUT2D eigenvalue weighted by atomic mass is 16.6. The quantitative estimate of drug-likeness (QED) is 0.731. The van der Waals surface area contributed by atoms with Crippen molar-refractivity contribution in [3.63, 3.8) is 0 Å². The van der Waals surface area contributed by atoms with Crippen molar-refractivity contribution >= 4 is 12.0 Å². The van der Waals surface area contributed by atoms with Crippen molar-refractivity contribution in [2.24, 2.45) is 0 Å². The number of carbonyl (C=O) groups is 2. The second-order valence-corrected chi connectivity index (χ2v) is 6.48. The Bertz CT molecular complexity index is 369. The van der Waals surface area contributed by atoms with Gasteiger partial charge in [0.05, 0.1) is 0 Å². The first-order chi connectivity index (χ1) is 8.85. The summed E-state index contributed by atoms with van der Waals surface area (Å²) >= 11 is 0. The van der Waals surface area contributed by atoms with Gasteiger partial charge in [0, 0.05) is 13.1 Å². The highest BCUT2D eigenvalue weighted by Gasteiger charge is 2.49. The van der Waals surface area contributed by atoms with Gasteiger partial charge in [-0.25, -0.2) is 4.79 Å². The predicted molar refractivity (Wildman–Crippen MR) is 71.8 cm³/mol. The first kappa shape index (κ1) is 14.2. The smallest absolute Gasteiger partial charge is 0.411 e. The number of rotatable bonds is 0. The minimum atomic E-state index is -0.668. The van der Waals surface area contributed by atoms with Crippen LogP contribution in [0.15, 0.2) is 0 Å². The van der Waals surface area contributed by atoms with E-state index in [9.17, 15) is 9.59 Å². The van der Waals surface area contributed by atoms with Gasteiger partial charge in [0.25, 0.3) is 0 Å². The number of nitrogens with zero attached hydrogens (tertiary/aromatic N) is 1. The maximum Gasteiger partial charge on any atom is 0.411 e. The number of hydrogen-bond donors (Lipinski definition) is 1. The lowest BCUT2D eigenvalue weighted by atomic mass is 9.80. The number of nitrogens with one attached hydrogen (secondary N) is 1. The molecule has 1 atom stereocenters. The first-order valence-corrected chi connectivity index (χ1v) is 7.14. The van der Waals surface area contributed by atoms with Gasteiger partial charge in [-0.2, -0.15) is 0 Å². The van der Waals surface area contributed by atoms with Crippen molar-refractivity contribution in [2.45, 2.75) is 64.0 Å². The Morgan fingerprint density at radius 2 is 1.95 bits per heavy atom. The van der Waals surface area contributed by atoms with Gasteiger partial charge >= 0.3 is 6.09 Å². The van der Waals surface area contributed by atoms with E-state index in [1.807, 2.05) is 20.8 Å². The summed E-state index contributed by atoms with van der Waals surface area (Å²) in [7, 11) is 0. The number of piperidine rings is 2. The second-order valence-electron chi connectivity index (χ2n) is 6.48. The normalized spacial score (nSPS) is 28.2. The molecule has 0 aromatic carbocycles. The highest BCUT2D eigenvalue weighted by molar-refractivity contribution is 5.90. The van der Waals surface area contributed by atoms with Crippen LogP contribution in [0.2, 0.25) is 0 Å². The number of amides is 2. The van der Waals surface area contributed by atoms with E-state index in [0.29, 0.717) is 13.1 Å². The van der Waals surface area contributed by atoms with E-state index in [4.69, 9.17) is 4.74 Å². The Labute approximate surface area is 114 Å². The molecule has 2 amide bonds. The average Bonchev–Trinajstić information content (AvgIpc) is 2.31. The van der Waals surface area contributed by atoms with Crippen LogP contribution in [-0.4, -0.2) is 41.1 Å². The molecule has 2 rings (SSSR count). The lowest BCUT2D eigenvalue weighted by Gasteiger charge is -2.47. The van der Waals surface area contributed by atoms with Crippen molar-refractivity contribution in [1.29, 1.82) is 0 Å². The Kier molecular flexibility index (Phi) is 3.74. The molecule has 108 valence electrons. The van der Waals surface area contributed by atoms with Gasteiger partial charge in [-0.3, -0.25) is 9.69 Å². The third-order valence-corrected chi connectivity index (χ3v) is 3.83. The molecule has 0 bridgehead atoms. The zero-order valence-corrected chi connectivity index (χ0v) is 12.1. The largest absolute Gasteiger partial charge is 0.444 e. The molecule has 0 aromatic rings. The summed E-state index contributed by atoms with van der Waals surface area (Å²) in [6.07, 6.45) is 3.99. The minimum Gasteiger partial charge on any atom is -0.444 e. The molecule has 2 aliphatic rings. The fourth-order valence-corrected chi connectivity index (χ4v) is 2.98. The van der Waals surface area contributed by atoms with Crippen LogP contribution in [0, 0.1) is 0 Å². The van der Waals surface area contributed by atoms with Gasteiger partial charge in [-0.1, -0.05) is 0 Å². The molecule has 0 radical (unpaired) electrons. The van der Waals surface area contributed by atoms with E-state index in [2.05, 4.69) is 5.32 Å². The van der Waals surface area contributed by atoms with Gasteiger partial charge in [-0.05, 0) is 52.9 Å². The van der Waals surface area contributed by atoms with Crippen LogP contribution >= 0.6 is 0 Å². The molecule has 0 aliphatic carbocycles. The molecule has 2 aliphatic heterocycles. The lowest BCUT2D eigenvalue weighted by molar-refractivity contribution is -0.138. The number of ether oxygens (including phenoxy) is 1. The lowest BCUT2D eigenvalue weighted by Crippen LogP contribution is -2.65. The molecule has 2 heterocycles. The highest BCUT2D eigenvalue weighted by Crippen LogP contribution is 2.35.